The number of piperidine rings is 1. The van der Waals surface area contributed by atoms with Gasteiger partial charge in [0.2, 0.25) is 27.7 Å². The van der Waals surface area contributed by atoms with Gasteiger partial charge in [-0.25, -0.2) is 47.2 Å². The maximum absolute atomic E-state index is 14.9. The van der Waals surface area contributed by atoms with Crippen molar-refractivity contribution in [1.82, 2.24) is 79.2 Å². The van der Waals surface area contributed by atoms with Crippen LogP contribution in [-0.4, -0.2) is 280 Å². The molecule has 1 aliphatic carbocycles. The number of ether oxygens (including phenoxy) is 7. The van der Waals surface area contributed by atoms with Crippen molar-refractivity contribution in [3.05, 3.63) is 127 Å². The molecule has 0 radical (unpaired) electrons. The first kappa shape index (κ1) is 103. The smallest absolute Gasteiger partial charge is 0.329 e. The molecule has 2 bridgehead atoms. The Kier molecular flexibility index (Phi) is 36.5. The van der Waals surface area contributed by atoms with Crippen molar-refractivity contribution in [1.29, 1.82) is 0 Å². The molecule has 5 aliphatic rings. The Morgan fingerprint density at radius 3 is 2.29 bits per heavy atom. The number of amides is 2. The number of Topliss-reactive ketones (excluding diaryl/α,β-unsaturated/α-hetero) is 3. The van der Waals surface area contributed by atoms with Crippen molar-refractivity contribution < 1.29 is 90.1 Å². The molecule has 10 heterocycles. The molecule has 3 saturated heterocycles. The lowest BCUT2D eigenvalue weighted by atomic mass is 9.77. The fraction of sp³-hybridized carbons (Fsp3) is 0.588. The number of nitrogen functional groups attached to an aromatic ring is 2. The molecule has 2 amide bonds. The van der Waals surface area contributed by atoms with Crippen LogP contribution in [0.4, 0.5) is 17.8 Å². The fourth-order valence-corrected chi connectivity index (χ4v) is 20.3. The predicted molar refractivity (Wildman–Crippen MR) is 507 cm³/mol. The van der Waals surface area contributed by atoms with Crippen LogP contribution in [0.1, 0.15) is 169 Å². The van der Waals surface area contributed by atoms with E-state index < -0.39 is 99.5 Å². The van der Waals surface area contributed by atoms with Crippen LogP contribution in [0.25, 0.3) is 55.8 Å². The lowest BCUT2D eigenvalue weighted by Gasteiger charge is -2.42. The van der Waals surface area contributed by atoms with Crippen molar-refractivity contribution in [3.8, 4) is 33.6 Å². The second-order valence-corrected chi connectivity index (χ2v) is 38.9. The number of nitrogens with one attached hydrogen (secondary N) is 1. The molecule has 136 heavy (non-hydrogen) atoms. The molecule has 2 aromatic carbocycles. The molecule has 6 aromatic heterocycles. The van der Waals surface area contributed by atoms with Gasteiger partial charge in [0.05, 0.1) is 92.7 Å². The number of carbonyl (C=O) groups is 6. The molecule has 13 rings (SSSR count). The number of nitrogens with zero attached hydrogens (tertiary/aromatic N) is 16. The highest BCUT2D eigenvalue weighted by Gasteiger charge is 2.53. The lowest BCUT2D eigenvalue weighted by Crippen LogP contribution is -2.61. The molecule has 8 aromatic rings. The van der Waals surface area contributed by atoms with Gasteiger partial charge in [0.15, 0.2) is 17.0 Å². The quantitative estimate of drug-likeness (QED) is 0.00964. The van der Waals surface area contributed by atoms with Crippen molar-refractivity contribution in [2.75, 3.05) is 115 Å². The number of sulfonamides is 1. The van der Waals surface area contributed by atoms with Crippen LogP contribution in [0.15, 0.2) is 126 Å². The third-order valence-corrected chi connectivity index (χ3v) is 28.8. The maximum atomic E-state index is 14.9. The van der Waals surface area contributed by atoms with Crippen LogP contribution >= 0.6 is 0 Å². The highest BCUT2D eigenvalue weighted by atomic mass is 32.2. The first-order chi connectivity index (χ1) is 65.5. The Morgan fingerprint density at radius 2 is 1.51 bits per heavy atom. The van der Waals surface area contributed by atoms with Crippen LogP contribution < -0.4 is 21.7 Å². The Balaban J connectivity index is 0.530. The van der Waals surface area contributed by atoms with Gasteiger partial charge in [-0.3, -0.25) is 24.0 Å². The standard InChI is InChI=1S/C97H133N19O19S/c1-61-20-11-10-12-21-62(2)81(128-8)54-74-29-26-67(7)97(125,135-74)90(122)93(123)114-34-16-13-24-77(114)94(124)133-82(55-79(117)63(3)49-66(6)88(120)89(121)87(119)65(5)48-61)64(4)50-68-27-30-76(83(51-68)129-9)116-78(58-105-109-116)70-23-19-22-69(52-70)72-56-101-96(102-57-72)111-36-38-113(39-37-111)136(126,127)47-32-73-59-112(110-107-73)40-42-131-44-46-132-45-43-130-41-18-14-25-84(118)100-33-15-17-35-115-92-85(91(98)103-60-104-92)86(108-115)71-28-31-80-75(53-71)106-95(99)134-80/h10-12,19-23,28,31,49,52-53,56-61,63-65,67-68,74,76-77,81-83,88-89,120-121,125H,13-18,24-27,29-30,32-48,50-51,54-55H2,1-9H3,(H2,99,106)(H,100,118)(H2,98,103,104)/b12-10+,20-11+,62-21+,66-49+/t61-,63-,64-,65-,67-,68+,74+,76+,77+,81+,82+,83-,88-,89+,97-/m1/s1. The third-order valence-electron chi connectivity index (χ3n) is 26.9. The summed E-state index contributed by atoms with van der Waals surface area (Å²) in [5.41, 5.74) is 20.1. The average molecular weight is 1900 g/mol. The average Bonchev–Trinajstić information content (AvgIpc) is 1.72. The number of aliphatic hydroxyl groups is 3. The molecule has 4 aliphatic heterocycles. The zero-order valence-electron chi connectivity index (χ0n) is 79.4. The first-order valence-corrected chi connectivity index (χ1v) is 49.3. The predicted octanol–water partition coefficient (Wildman–Crippen LogP) is 9.34. The number of aryl methyl sites for hydroxylation is 2. The van der Waals surface area contributed by atoms with Crippen LogP contribution in [0.3, 0.4) is 0 Å². The molecule has 15 atom stereocenters. The zero-order chi connectivity index (χ0) is 96.7. The Hall–Kier alpha value is -10.9. The number of oxazole rings is 1. The number of rotatable bonds is 33. The molecule has 0 spiro atoms. The number of aliphatic hydroxyl groups excluding tert-OH is 2. The van der Waals surface area contributed by atoms with Gasteiger partial charge in [0.1, 0.15) is 53.5 Å². The summed E-state index contributed by atoms with van der Waals surface area (Å²) in [7, 11) is -0.423. The van der Waals surface area contributed by atoms with E-state index in [4.69, 9.17) is 64.1 Å². The van der Waals surface area contributed by atoms with E-state index in [0.717, 1.165) is 52.8 Å². The number of methoxy groups -OCH3 is 2. The number of benzene rings is 2. The van der Waals surface area contributed by atoms with E-state index in [0.29, 0.717) is 188 Å². The van der Waals surface area contributed by atoms with Crippen LogP contribution in [0, 0.1) is 35.5 Å². The van der Waals surface area contributed by atoms with Gasteiger partial charge >= 0.3 is 5.97 Å². The number of aromatic nitrogens is 13. The Bertz CT molecular complexity index is 5610. The molecule has 8 N–H and O–H groups in total. The van der Waals surface area contributed by atoms with Gasteiger partial charge < -0.3 is 79.5 Å². The van der Waals surface area contributed by atoms with Gasteiger partial charge in [-0.1, -0.05) is 99.7 Å². The van der Waals surface area contributed by atoms with Crippen molar-refractivity contribution in [2.24, 2.45) is 35.5 Å². The van der Waals surface area contributed by atoms with E-state index in [2.05, 4.69) is 40.9 Å². The first-order valence-electron chi connectivity index (χ1n) is 47.7. The Labute approximate surface area is 793 Å². The minimum atomic E-state index is -3.64. The SMILES string of the molecule is CO[C@H]1C[C@@H]2CC[C@@H](C)[C@@](O)(O2)C(=O)C(=O)N2CCCC[C@H]2C(=O)O[C@H]([C@H](C)C[C@@H]2CC[C@H](n3nncc3-c3cccc(-c4cnc(N5CCN(S(=O)(=O)CCc6cn(CCOCCOCCOCCCCC(=O)NCCCCn7nc(-c8ccc9oc(N)nc9c8)c8c(N)ncnc87)nn6)CC5)nc4)c3)[C@H](OC)C2)CC(=O)[C@H](C)/C=C(\C)[C@@H](O)[C@@H](O)C(=O)[C@H](C)C[C@H](C)/C=C/C=C/C=C/1C. The van der Waals surface area contributed by atoms with E-state index in [-0.39, 0.29) is 98.3 Å². The van der Waals surface area contributed by atoms with E-state index >= 15 is 0 Å². The molecule has 4 fully saturated rings. The summed E-state index contributed by atoms with van der Waals surface area (Å²) in [6.07, 6.45) is 21.7. The number of allylic oxidation sites excluding steroid dienone is 6. The summed E-state index contributed by atoms with van der Waals surface area (Å²) in [5, 5.41) is 60.9. The molecule has 38 nitrogen and oxygen atoms in total. The van der Waals surface area contributed by atoms with Crippen molar-refractivity contribution in [2.45, 2.75) is 232 Å². The number of piperazine rings is 1. The monoisotopic (exact) mass is 1900 g/mol. The zero-order valence-corrected chi connectivity index (χ0v) is 80.2. The molecular formula is C97H133N19O19S. The minimum Gasteiger partial charge on any atom is -0.460 e. The van der Waals surface area contributed by atoms with Gasteiger partial charge in [-0.2, -0.15) is 14.4 Å². The van der Waals surface area contributed by atoms with Crippen LogP contribution in [0.5, 0.6) is 0 Å². The Morgan fingerprint density at radius 1 is 0.750 bits per heavy atom. The minimum absolute atomic E-state index is 0.000890. The second-order valence-electron chi connectivity index (χ2n) is 36.8. The van der Waals surface area contributed by atoms with E-state index in [1.807, 2.05) is 102 Å². The van der Waals surface area contributed by atoms with Crippen molar-refractivity contribution >= 4 is 85.1 Å². The van der Waals surface area contributed by atoms with Gasteiger partial charge in [-0.05, 0) is 162 Å². The van der Waals surface area contributed by atoms with Crippen molar-refractivity contribution in [3.63, 3.8) is 0 Å². The second kappa shape index (κ2) is 48.4. The summed E-state index contributed by atoms with van der Waals surface area (Å²) >= 11 is 0. The highest BCUT2D eigenvalue weighted by molar-refractivity contribution is 7.89. The summed E-state index contributed by atoms with van der Waals surface area (Å²) in [6.45, 7) is 17.6. The fourth-order valence-electron chi connectivity index (χ4n) is 18.8. The number of cyclic esters (lactones) is 1. The van der Waals surface area contributed by atoms with Crippen LogP contribution in [0.2, 0.25) is 0 Å². The number of nitrogens with two attached hydrogens (primary N) is 2. The number of anilines is 3. The number of hydrogen-bond donors (Lipinski definition) is 6. The van der Waals surface area contributed by atoms with E-state index in [1.54, 1.807) is 77.5 Å². The molecular weight excluding hydrogens is 1770 g/mol. The number of hydrogen-bond acceptors (Lipinski definition) is 32. The number of ketones is 3. The van der Waals surface area contributed by atoms with Crippen LogP contribution in [-0.2, 0) is 91.5 Å². The third kappa shape index (κ3) is 26.5. The van der Waals surface area contributed by atoms with E-state index in [1.165, 1.54) is 21.6 Å². The maximum Gasteiger partial charge on any atom is 0.329 e. The highest BCUT2D eigenvalue weighted by Crippen LogP contribution is 2.43. The topological polar surface area (TPSA) is 492 Å². The number of carbonyl (C=O) groups excluding carboxylic acids is 6. The number of esters is 1. The molecule has 0 unspecified atom stereocenters. The summed E-state index contributed by atoms with van der Waals surface area (Å²) < 4.78 is 81.7. The molecule has 39 heteroatoms. The summed E-state index contributed by atoms with van der Waals surface area (Å²) in [6, 6.07) is 12.0. The summed E-state index contributed by atoms with van der Waals surface area (Å²) in [5.74, 6) is -8.57. The molecule has 736 valence electrons. The van der Waals surface area contributed by atoms with Gasteiger partial charge in [-0.15, -0.1) is 10.2 Å². The number of fused-ring (bicyclic) bond motifs is 5. The van der Waals surface area contributed by atoms with Gasteiger partial charge in [0, 0.05) is 145 Å². The lowest BCUT2D eigenvalue weighted by molar-refractivity contribution is -0.265. The number of unbranched alkanes of at least 4 members (excludes halogenated alkanes) is 2. The molecule has 1 saturated carbocycles. The summed E-state index contributed by atoms with van der Waals surface area (Å²) in [4.78, 5) is 111. The largest absolute Gasteiger partial charge is 0.460 e. The normalized spacial score (nSPS) is 26.5. The van der Waals surface area contributed by atoms with E-state index in [9.17, 15) is 52.5 Å². The van der Waals surface area contributed by atoms with Gasteiger partial charge in [0.25, 0.3) is 17.7 Å².